The number of amides is 1. The maximum absolute atomic E-state index is 11.8. The van der Waals surface area contributed by atoms with E-state index < -0.39 is 0 Å². The molecule has 2 aromatic rings. The number of nitrogens with zero attached hydrogens (tertiary/aromatic N) is 1. The predicted octanol–water partition coefficient (Wildman–Crippen LogP) is 3.05. The number of halogens is 1. The van der Waals surface area contributed by atoms with Crippen molar-refractivity contribution in [1.82, 2.24) is 5.43 Å². The summed E-state index contributed by atoms with van der Waals surface area (Å²) >= 11 is 2.06. The minimum absolute atomic E-state index is 0.287. The molecule has 1 heterocycles. The Labute approximate surface area is 130 Å². The summed E-state index contributed by atoms with van der Waals surface area (Å²) in [5.41, 5.74) is 2.95. The Morgan fingerprint density at radius 2 is 2.10 bits per heavy atom. The van der Waals surface area contributed by atoms with Crippen LogP contribution in [0, 0.1) is 3.77 Å². The van der Waals surface area contributed by atoms with E-state index in [0.717, 1.165) is 9.52 Å². The van der Waals surface area contributed by atoms with Crippen molar-refractivity contribution >= 4 is 34.7 Å². The molecule has 0 spiro atoms. The first kappa shape index (κ1) is 14.6. The highest BCUT2D eigenvalue weighted by atomic mass is 127. The van der Waals surface area contributed by atoms with Gasteiger partial charge in [0.15, 0.2) is 3.77 Å². The molecule has 1 aromatic carbocycles. The fraction of sp³-hybridized carbons (Fsp3) is 0.143. The third-order valence-corrected chi connectivity index (χ3v) is 2.96. The molecule has 0 aliphatic heterocycles. The predicted molar refractivity (Wildman–Crippen MR) is 84.1 cm³/mol. The van der Waals surface area contributed by atoms with Crippen LogP contribution in [0.15, 0.2) is 45.9 Å². The fourth-order valence-electron chi connectivity index (χ4n) is 1.49. The molecular weight excluding hydrogens is 371 g/mol. The summed E-state index contributed by atoms with van der Waals surface area (Å²) in [5.74, 6) is 1.03. The molecule has 104 valence electrons. The summed E-state index contributed by atoms with van der Waals surface area (Å²) in [7, 11) is 0. The van der Waals surface area contributed by atoms with E-state index in [1.54, 1.807) is 30.3 Å². The molecule has 6 heteroatoms. The highest BCUT2D eigenvalue weighted by Crippen LogP contribution is 2.12. The zero-order valence-corrected chi connectivity index (χ0v) is 13.0. The summed E-state index contributed by atoms with van der Waals surface area (Å²) in [4.78, 5) is 11.8. The Hall–Kier alpha value is -1.83. The Bertz CT molecular complexity index is 605. The minimum Gasteiger partial charge on any atom is -0.494 e. The van der Waals surface area contributed by atoms with E-state index in [2.05, 4.69) is 33.1 Å². The van der Waals surface area contributed by atoms with Gasteiger partial charge >= 0.3 is 0 Å². The van der Waals surface area contributed by atoms with E-state index in [1.807, 2.05) is 13.0 Å². The SMILES string of the molecule is CCOc1ccc(C(=O)N/N=C\c2ccc(I)o2)cc1. The molecule has 2 rings (SSSR count). The van der Waals surface area contributed by atoms with E-state index in [4.69, 9.17) is 9.15 Å². The summed E-state index contributed by atoms with van der Waals surface area (Å²) in [6.45, 7) is 2.50. The highest BCUT2D eigenvalue weighted by molar-refractivity contribution is 14.1. The third-order valence-electron chi connectivity index (χ3n) is 2.38. The van der Waals surface area contributed by atoms with Gasteiger partial charge in [-0.05, 0) is 65.9 Å². The van der Waals surface area contributed by atoms with Crippen LogP contribution in [-0.2, 0) is 0 Å². The van der Waals surface area contributed by atoms with Crippen LogP contribution in [0.1, 0.15) is 23.0 Å². The van der Waals surface area contributed by atoms with Crippen LogP contribution in [0.5, 0.6) is 5.75 Å². The van der Waals surface area contributed by atoms with Gasteiger partial charge in [-0.25, -0.2) is 5.43 Å². The fourth-order valence-corrected chi connectivity index (χ4v) is 1.92. The van der Waals surface area contributed by atoms with E-state index in [9.17, 15) is 4.79 Å². The second-order valence-corrected chi connectivity index (χ2v) is 4.86. The van der Waals surface area contributed by atoms with Crippen molar-refractivity contribution in [2.45, 2.75) is 6.92 Å². The molecule has 20 heavy (non-hydrogen) atoms. The number of hydrogen-bond donors (Lipinski definition) is 1. The van der Waals surface area contributed by atoms with Gasteiger partial charge in [0, 0.05) is 5.56 Å². The number of furan rings is 1. The first-order chi connectivity index (χ1) is 9.69. The molecule has 0 fully saturated rings. The monoisotopic (exact) mass is 384 g/mol. The molecule has 0 unspecified atom stereocenters. The molecule has 0 atom stereocenters. The maximum atomic E-state index is 11.8. The average molecular weight is 384 g/mol. The number of carbonyl (C=O) groups excluding carboxylic acids is 1. The van der Waals surface area contributed by atoms with Gasteiger partial charge in [0.2, 0.25) is 0 Å². The molecule has 5 nitrogen and oxygen atoms in total. The largest absolute Gasteiger partial charge is 0.494 e. The van der Waals surface area contributed by atoms with Crippen LogP contribution in [0.4, 0.5) is 0 Å². The zero-order chi connectivity index (χ0) is 14.4. The third kappa shape index (κ3) is 4.09. The van der Waals surface area contributed by atoms with Crippen molar-refractivity contribution in [3.63, 3.8) is 0 Å². The molecule has 0 saturated heterocycles. The molecule has 1 N–H and O–H groups in total. The second kappa shape index (κ2) is 7.09. The van der Waals surface area contributed by atoms with Crippen molar-refractivity contribution in [3.05, 3.63) is 51.5 Å². The molecule has 0 aliphatic carbocycles. The lowest BCUT2D eigenvalue weighted by Gasteiger charge is -2.03. The van der Waals surface area contributed by atoms with Gasteiger partial charge in [-0.2, -0.15) is 5.10 Å². The van der Waals surface area contributed by atoms with Gasteiger partial charge in [0.1, 0.15) is 11.5 Å². The number of benzene rings is 1. The lowest BCUT2D eigenvalue weighted by molar-refractivity contribution is 0.0955. The number of ether oxygens (including phenoxy) is 1. The quantitative estimate of drug-likeness (QED) is 0.490. The lowest BCUT2D eigenvalue weighted by Crippen LogP contribution is -2.17. The number of hydrogen-bond acceptors (Lipinski definition) is 4. The van der Waals surface area contributed by atoms with Gasteiger partial charge in [-0.3, -0.25) is 4.79 Å². The van der Waals surface area contributed by atoms with Gasteiger partial charge in [-0.15, -0.1) is 0 Å². The average Bonchev–Trinajstić information content (AvgIpc) is 2.85. The Kier molecular flexibility index (Phi) is 5.16. The minimum atomic E-state index is -0.287. The van der Waals surface area contributed by atoms with Crippen LogP contribution in [0.25, 0.3) is 0 Å². The number of nitrogens with one attached hydrogen (secondary N) is 1. The van der Waals surface area contributed by atoms with E-state index in [0.29, 0.717) is 17.9 Å². The second-order valence-electron chi connectivity index (χ2n) is 3.80. The normalized spacial score (nSPS) is 10.7. The summed E-state index contributed by atoms with van der Waals surface area (Å²) in [6, 6.07) is 10.5. The first-order valence-corrected chi connectivity index (χ1v) is 7.08. The topological polar surface area (TPSA) is 63.8 Å². The zero-order valence-electron chi connectivity index (χ0n) is 10.8. The Morgan fingerprint density at radius 3 is 2.70 bits per heavy atom. The van der Waals surface area contributed by atoms with Crippen molar-refractivity contribution in [1.29, 1.82) is 0 Å². The van der Waals surface area contributed by atoms with Crippen molar-refractivity contribution < 1.29 is 13.9 Å². The lowest BCUT2D eigenvalue weighted by atomic mass is 10.2. The molecule has 0 radical (unpaired) electrons. The van der Waals surface area contributed by atoms with Gasteiger partial charge in [-0.1, -0.05) is 0 Å². The van der Waals surface area contributed by atoms with Crippen LogP contribution in [0.2, 0.25) is 0 Å². The maximum Gasteiger partial charge on any atom is 0.271 e. The Morgan fingerprint density at radius 1 is 1.35 bits per heavy atom. The van der Waals surface area contributed by atoms with E-state index in [1.165, 1.54) is 6.21 Å². The van der Waals surface area contributed by atoms with E-state index >= 15 is 0 Å². The van der Waals surface area contributed by atoms with Crippen LogP contribution in [-0.4, -0.2) is 18.7 Å². The van der Waals surface area contributed by atoms with Gasteiger partial charge in [0.05, 0.1) is 12.8 Å². The summed E-state index contributed by atoms with van der Waals surface area (Å²) in [5, 5.41) is 3.84. The standard InChI is InChI=1S/C14H13IN2O3/c1-2-19-11-5-3-10(4-6-11)14(18)17-16-9-12-7-8-13(15)20-12/h3-9H,2H2,1H3,(H,17,18)/b16-9-. The Balaban J connectivity index is 1.92. The highest BCUT2D eigenvalue weighted by Gasteiger charge is 2.04. The number of carbonyl (C=O) groups is 1. The van der Waals surface area contributed by atoms with E-state index in [-0.39, 0.29) is 5.91 Å². The molecule has 0 bridgehead atoms. The van der Waals surface area contributed by atoms with Crippen LogP contribution >= 0.6 is 22.6 Å². The van der Waals surface area contributed by atoms with Gasteiger partial charge in [0.25, 0.3) is 5.91 Å². The van der Waals surface area contributed by atoms with Crippen molar-refractivity contribution in [3.8, 4) is 5.75 Å². The van der Waals surface area contributed by atoms with Crippen LogP contribution in [0.3, 0.4) is 0 Å². The van der Waals surface area contributed by atoms with Crippen LogP contribution < -0.4 is 10.2 Å². The summed E-state index contributed by atoms with van der Waals surface area (Å²) < 4.78 is 11.4. The molecule has 1 amide bonds. The summed E-state index contributed by atoms with van der Waals surface area (Å²) in [6.07, 6.45) is 1.45. The van der Waals surface area contributed by atoms with Crippen molar-refractivity contribution in [2.75, 3.05) is 6.61 Å². The first-order valence-electron chi connectivity index (χ1n) is 6.00. The van der Waals surface area contributed by atoms with Gasteiger partial charge < -0.3 is 9.15 Å². The molecule has 0 saturated carbocycles. The number of rotatable bonds is 5. The number of hydrazone groups is 1. The van der Waals surface area contributed by atoms with Crippen molar-refractivity contribution in [2.24, 2.45) is 5.10 Å². The molecule has 1 aromatic heterocycles. The molecular formula is C14H13IN2O3. The smallest absolute Gasteiger partial charge is 0.271 e. The molecule has 0 aliphatic rings.